The van der Waals surface area contributed by atoms with Crippen molar-refractivity contribution in [1.82, 2.24) is 31.2 Å². The normalized spacial score (nSPS) is 29.2. The van der Waals surface area contributed by atoms with Crippen LogP contribution in [0.5, 0.6) is 0 Å². The molecule has 5 rings (SSSR count). The van der Waals surface area contributed by atoms with Gasteiger partial charge in [-0.15, -0.1) is 11.3 Å². The van der Waals surface area contributed by atoms with Crippen molar-refractivity contribution in [3.05, 3.63) is 23.2 Å². The number of thiazole rings is 1. The summed E-state index contributed by atoms with van der Waals surface area (Å²) in [5, 5.41) is 18.3. The van der Waals surface area contributed by atoms with Gasteiger partial charge < -0.3 is 26.4 Å². The van der Waals surface area contributed by atoms with Crippen LogP contribution in [0, 0.1) is 0 Å². The van der Waals surface area contributed by atoms with E-state index in [0.717, 1.165) is 59.9 Å². The lowest BCUT2D eigenvalue weighted by Crippen LogP contribution is -2.71. The maximum absolute atomic E-state index is 13.5. The van der Waals surface area contributed by atoms with E-state index < -0.39 is 5.92 Å². The Morgan fingerprint density at radius 3 is 2.97 bits per heavy atom. The number of ether oxygens (including phenoxy) is 1. The van der Waals surface area contributed by atoms with E-state index in [9.17, 15) is 4.79 Å². The second-order valence-electron chi connectivity index (χ2n) is 8.81. The molecular formula is C22H34N8O2S. The fraction of sp³-hybridized carbons (Fsp3) is 0.636. The molecule has 0 radical (unpaired) electrons. The standard InChI is InChI=1S/C22H34N8O2S/c23-6-8-25-15-4-1-5-16-18(15)33-21(27-16)17-19(26-14-3-2-7-24-13-14)28-22(29-20(17)31)30-9-11-32-12-10-30/h1,4-5,14,17,19,22,24-26,28H,2-3,6-13,23H2,(H,29,31)/t14-,17?,19?,22?/m1/s1. The second-order valence-corrected chi connectivity index (χ2v) is 9.84. The van der Waals surface area contributed by atoms with Gasteiger partial charge in [0.15, 0.2) is 0 Å². The molecule has 0 bridgehead atoms. The van der Waals surface area contributed by atoms with Crippen LogP contribution in [0.25, 0.3) is 10.2 Å². The van der Waals surface area contributed by atoms with Crippen LogP contribution in [0.1, 0.15) is 23.8 Å². The van der Waals surface area contributed by atoms with Crippen LogP contribution in [-0.4, -0.2) is 86.8 Å². The number of piperidine rings is 1. The van der Waals surface area contributed by atoms with E-state index in [0.29, 0.717) is 32.3 Å². The van der Waals surface area contributed by atoms with E-state index in [4.69, 9.17) is 15.5 Å². The number of nitrogens with two attached hydrogens (primary N) is 1. The van der Waals surface area contributed by atoms with Crippen molar-refractivity contribution < 1.29 is 9.53 Å². The molecule has 4 atom stereocenters. The zero-order valence-corrected chi connectivity index (χ0v) is 19.6. The number of hydrogen-bond donors (Lipinski definition) is 6. The van der Waals surface area contributed by atoms with Gasteiger partial charge in [0.25, 0.3) is 0 Å². The summed E-state index contributed by atoms with van der Waals surface area (Å²) in [4.78, 5) is 20.6. The predicted octanol–water partition coefficient (Wildman–Crippen LogP) is -0.247. The molecule has 0 saturated carbocycles. The third-order valence-corrected chi connectivity index (χ3v) is 7.70. The number of carbonyl (C=O) groups is 1. The molecule has 3 saturated heterocycles. The maximum atomic E-state index is 13.5. The summed E-state index contributed by atoms with van der Waals surface area (Å²) in [5.74, 6) is -0.411. The molecule has 1 aromatic carbocycles. The van der Waals surface area contributed by atoms with Crippen LogP contribution in [0.15, 0.2) is 18.2 Å². The zero-order chi connectivity index (χ0) is 22.6. The molecule has 11 heteroatoms. The summed E-state index contributed by atoms with van der Waals surface area (Å²) in [6.07, 6.45) is 1.79. The molecule has 1 aromatic heterocycles. The number of aromatic nitrogens is 1. The largest absolute Gasteiger partial charge is 0.383 e. The van der Waals surface area contributed by atoms with Gasteiger partial charge in [-0.2, -0.15) is 0 Å². The van der Waals surface area contributed by atoms with E-state index >= 15 is 0 Å². The zero-order valence-electron chi connectivity index (χ0n) is 18.8. The van der Waals surface area contributed by atoms with Crippen LogP contribution < -0.4 is 32.3 Å². The van der Waals surface area contributed by atoms with Gasteiger partial charge in [0, 0.05) is 38.8 Å². The molecule has 1 amide bonds. The summed E-state index contributed by atoms with van der Waals surface area (Å²) in [5.41, 5.74) is 7.59. The Bertz CT molecular complexity index is 944. The van der Waals surface area contributed by atoms with Crippen molar-refractivity contribution in [1.29, 1.82) is 0 Å². The number of morpholine rings is 1. The Kier molecular flexibility index (Phi) is 7.36. The van der Waals surface area contributed by atoms with Gasteiger partial charge >= 0.3 is 0 Å². The van der Waals surface area contributed by atoms with Crippen molar-refractivity contribution in [2.75, 3.05) is 57.8 Å². The van der Waals surface area contributed by atoms with E-state index in [1.807, 2.05) is 18.2 Å². The van der Waals surface area contributed by atoms with Crippen molar-refractivity contribution in [2.24, 2.45) is 5.73 Å². The second kappa shape index (κ2) is 10.6. The van der Waals surface area contributed by atoms with E-state index in [1.165, 1.54) is 0 Å². The predicted molar refractivity (Wildman–Crippen MR) is 130 cm³/mol. The van der Waals surface area contributed by atoms with Gasteiger partial charge in [-0.05, 0) is 31.5 Å². The molecule has 3 aliphatic heterocycles. The Balaban J connectivity index is 1.42. The third-order valence-electron chi connectivity index (χ3n) is 6.51. The first-order valence-electron chi connectivity index (χ1n) is 11.9. The highest BCUT2D eigenvalue weighted by Crippen LogP contribution is 2.35. The molecule has 3 unspecified atom stereocenters. The number of amides is 1. The van der Waals surface area contributed by atoms with Crippen molar-refractivity contribution in [2.45, 2.75) is 37.3 Å². The molecule has 2 aromatic rings. The summed E-state index contributed by atoms with van der Waals surface area (Å²) in [6.45, 7) is 6.14. The summed E-state index contributed by atoms with van der Waals surface area (Å²) in [6, 6.07) is 6.34. The first kappa shape index (κ1) is 22.9. The summed E-state index contributed by atoms with van der Waals surface area (Å²) < 4.78 is 6.56. The number of rotatable bonds is 7. The molecular weight excluding hydrogens is 440 g/mol. The first-order chi connectivity index (χ1) is 16.2. The fourth-order valence-corrected chi connectivity index (χ4v) is 6.00. The maximum Gasteiger partial charge on any atom is 0.235 e. The molecule has 0 spiro atoms. The first-order valence-corrected chi connectivity index (χ1v) is 12.7. The van der Waals surface area contributed by atoms with Crippen molar-refractivity contribution >= 4 is 33.1 Å². The van der Waals surface area contributed by atoms with Gasteiger partial charge in [0.05, 0.1) is 35.3 Å². The summed E-state index contributed by atoms with van der Waals surface area (Å²) >= 11 is 1.58. The van der Waals surface area contributed by atoms with Gasteiger partial charge in [-0.25, -0.2) is 4.98 Å². The van der Waals surface area contributed by atoms with Crippen molar-refractivity contribution in [3.63, 3.8) is 0 Å². The lowest BCUT2D eigenvalue weighted by molar-refractivity contribution is -0.131. The topological polar surface area (TPSA) is 129 Å². The van der Waals surface area contributed by atoms with Crippen LogP contribution >= 0.6 is 11.3 Å². The average molecular weight is 475 g/mol. The molecule has 180 valence electrons. The lowest BCUT2D eigenvalue weighted by atomic mass is 10.00. The molecule has 7 N–H and O–H groups in total. The SMILES string of the molecule is NCCNc1cccc2nc(C3C(=O)NC(N4CCOCC4)NC3N[C@@H]3CCCNC3)sc12. The quantitative estimate of drug-likeness (QED) is 0.322. The number of benzene rings is 1. The number of anilines is 1. The molecule has 3 aliphatic rings. The Hall–Kier alpha value is -1.86. The summed E-state index contributed by atoms with van der Waals surface area (Å²) in [7, 11) is 0. The fourth-order valence-electron chi connectivity index (χ4n) is 4.81. The van der Waals surface area contributed by atoms with Crippen LogP contribution in [-0.2, 0) is 9.53 Å². The third kappa shape index (κ3) is 5.14. The van der Waals surface area contributed by atoms with E-state index in [1.54, 1.807) is 11.3 Å². The molecule has 3 fully saturated rings. The van der Waals surface area contributed by atoms with Crippen molar-refractivity contribution in [3.8, 4) is 0 Å². The minimum Gasteiger partial charge on any atom is -0.383 e. The Morgan fingerprint density at radius 2 is 2.18 bits per heavy atom. The molecule has 4 heterocycles. The highest BCUT2D eigenvalue weighted by atomic mass is 32.1. The van der Waals surface area contributed by atoms with Gasteiger partial charge in [-0.3, -0.25) is 20.3 Å². The number of carbonyl (C=O) groups excluding carboxylic acids is 1. The van der Waals surface area contributed by atoms with Crippen LogP contribution in [0.4, 0.5) is 5.69 Å². The monoisotopic (exact) mass is 474 g/mol. The molecule has 10 nitrogen and oxygen atoms in total. The van der Waals surface area contributed by atoms with Gasteiger partial charge in [0.1, 0.15) is 17.2 Å². The number of nitrogens with one attached hydrogen (secondary N) is 5. The van der Waals surface area contributed by atoms with Gasteiger partial charge in [-0.1, -0.05) is 6.07 Å². The average Bonchev–Trinajstić information content (AvgIpc) is 3.28. The highest BCUT2D eigenvalue weighted by Gasteiger charge is 2.42. The van der Waals surface area contributed by atoms with E-state index in [-0.39, 0.29) is 18.4 Å². The lowest BCUT2D eigenvalue weighted by Gasteiger charge is -2.44. The van der Waals surface area contributed by atoms with E-state index in [2.05, 4.69) is 31.5 Å². The van der Waals surface area contributed by atoms with Crippen LogP contribution in [0.3, 0.4) is 0 Å². The smallest absolute Gasteiger partial charge is 0.235 e. The number of fused-ring (bicyclic) bond motifs is 1. The minimum atomic E-state index is -0.413. The Labute approximate surface area is 198 Å². The van der Waals surface area contributed by atoms with Gasteiger partial charge in [0.2, 0.25) is 5.91 Å². The number of hydrogen-bond acceptors (Lipinski definition) is 10. The molecule has 0 aliphatic carbocycles. The van der Waals surface area contributed by atoms with Crippen LogP contribution in [0.2, 0.25) is 0 Å². The minimum absolute atomic E-state index is 0.00188. The Morgan fingerprint density at radius 1 is 1.30 bits per heavy atom. The highest BCUT2D eigenvalue weighted by molar-refractivity contribution is 7.19. The molecule has 33 heavy (non-hydrogen) atoms. The number of nitrogens with zero attached hydrogens (tertiary/aromatic N) is 2.